The second-order valence-corrected chi connectivity index (χ2v) is 4.24. The summed E-state index contributed by atoms with van der Waals surface area (Å²) >= 11 is 0. The van der Waals surface area contributed by atoms with Crippen molar-refractivity contribution in [1.29, 1.82) is 0 Å². The van der Waals surface area contributed by atoms with Gasteiger partial charge in [0.1, 0.15) is 0 Å². The average molecular weight is 197 g/mol. The van der Waals surface area contributed by atoms with Crippen molar-refractivity contribution >= 4 is 0 Å². The van der Waals surface area contributed by atoms with Crippen molar-refractivity contribution in [2.45, 2.75) is 46.4 Å². The summed E-state index contributed by atoms with van der Waals surface area (Å²) in [7, 11) is 0. The van der Waals surface area contributed by atoms with Crippen molar-refractivity contribution in [3.63, 3.8) is 0 Å². The number of aryl methyl sites for hydroxylation is 1. The van der Waals surface area contributed by atoms with E-state index in [2.05, 4.69) is 17.5 Å². The molecule has 0 atom stereocenters. The van der Waals surface area contributed by atoms with E-state index in [0.717, 1.165) is 12.1 Å². The maximum Gasteiger partial charge on any atom is 0.0813 e. The SMILES string of the molecule is CCn1cc(CNOC(C)(C)C)cn1. The van der Waals surface area contributed by atoms with E-state index in [1.165, 1.54) is 0 Å². The summed E-state index contributed by atoms with van der Waals surface area (Å²) in [6.45, 7) is 9.69. The quantitative estimate of drug-likeness (QED) is 0.747. The van der Waals surface area contributed by atoms with Gasteiger partial charge in [-0.25, -0.2) is 0 Å². The Balaban J connectivity index is 2.31. The molecule has 4 heteroatoms. The fraction of sp³-hybridized carbons (Fsp3) is 0.700. The number of hydrogen-bond acceptors (Lipinski definition) is 3. The second kappa shape index (κ2) is 4.57. The van der Waals surface area contributed by atoms with Crippen LogP contribution in [0.5, 0.6) is 0 Å². The van der Waals surface area contributed by atoms with Crippen molar-refractivity contribution in [2.24, 2.45) is 0 Å². The van der Waals surface area contributed by atoms with Crippen LogP contribution in [0.3, 0.4) is 0 Å². The maximum atomic E-state index is 5.39. The molecule has 14 heavy (non-hydrogen) atoms. The molecule has 0 spiro atoms. The van der Waals surface area contributed by atoms with Crippen molar-refractivity contribution in [3.8, 4) is 0 Å². The van der Waals surface area contributed by atoms with Gasteiger partial charge in [0, 0.05) is 24.8 Å². The van der Waals surface area contributed by atoms with E-state index in [9.17, 15) is 0 Å². The number of hydrogen-bond donors (Lipinski definition) is 1. The van der Waals surface area contributed by atoms with Crippen LogP contribution < -0.4 is 5.48 Å². The van der Waals surface area contributed by atoms with Crippen LogP contribution in [0.25, 0.3) is 0 Å². The monoisotopic (exact) mass is 197 g/mol. The van der Waals surface area contributed by atoms with E-state index in [-0.39, 0.29) is 5.60 Å². The molecule has 0 bridgehead atoms. The van der Waals surface area contributed by atoms with Crippen LogP contribution in [0.2, 0.25) is 0 Å². The molecule has 0 aliphatic heterocycles. The zero-order chi connectivity index (χ0) is 10.6. The lowest BCUT2D eigenvalue weighted by molar-refractivity contribution is -0.0757. The highest BCUT2D eigenvalue weighted by Crippen LogP contribution is 2.04. The summed E-state index contributed by atoms with van der Waals surface area (Å²) in [5, 5.41) is 4.17. The number of hydroxylamine groups is 1. The van der Waals surface area contributed by atoms with Gasteiger partial charge in [0.05, 0.1) is 11.8 Å². The third kappa shape index (κ3) is 3.89. The fourth-order valence-electron chi connectivity index (χ4n) is 1.01. The second-order valence-electron chi connectivity index (χ2n) is 4.24. The standard InChI is InChI=1S/C10H19N3O/c1-5-13-8-9(6-11-13)7-12-14-10(2,3)4/h6,8,12H,5,7H2,1-4H3. The molecule has 0 aliphatic rings. The molecule has 0 saturated carbocycles. The first-order valence-electron chi connectivity index (χ1n) is 4.93. The van der Waals surface area contributed by atoms with Gasteiger partial charge >= 0.3 is 0 Å². The van der Waals surface area contributed by atoms with Crippen molar-refractivity contribution < 1.29 is 4.84 Å². The first-order valence-corrected chi connectivity index (χ1v) is 4.93. The van der Waals surface area contributed by atoms with Crippen LogP contribution in [0.4, 0.5) is 0 Å². The number of rotatable bonds is 4. The molecule has 0 amide bonds. The Morgan fingerprint density at radius 3 is 2.71 bits per heavy atom. The summed E-state index contributed by atoms with van der Waals surface area (Å²) in [5.41, 5.74) is 3.91. The molecule has 0 aliphatic carbocycles. The Morgan fingerprint density at radius 2 is 2.21 bits per heavy atom. The zero-order valence-electron chi connectivity index (χ0n) is 9.37. The summed E-state index contributed by atoms with van der Waals surface area (Å²) in [6, 6.07) is 0. The topological polar surface area (TPSA) is 39.1 Å². The van der Waals surface area contributed by atoms with E-state index >= 15 is 0 Å². The molecule has 4 nitrogen and oxygen atoms in total. The summed E-state index contributed by atoms with van der Waals surface area (Å²) in [5.74, 6) is 0. The molecular formula is C10H19N3O. The molecule has 1 aromatic heterocycles. The Hall–Kier alpha value is -0.870. The van der Waals surface area contributed by atoms with Crippen LogP contribution in [0.1, 0.15) is 33.3 Å². The first-order chi connectivity index (χ1) is 6.51. The Bertz CT molecular complexity index is 275. The Kier molecular flexibility index (Phi) is 3.66. The average Bonchev–Trinajstić information content (AvgIpc) is 2.50. The van der Waals surface area contributed by atoms with E-state index in [4.69, 9.17) is 4.84 Å². The first kappa shape index (κ1) is 11.2. The van der Waals surface area contributed by atoms with E-state index in [0.29, 0.717) is 6.54 Å². The zero-order valence-corrected chi connectivity index (χ0v) is 9.37. The van der Waals surface area contributed by atoms with Gasteiger partial charge in [-0.05, 0) is 27.7 Å². The molecule has 0 aromatic carbocycles. The lowest BCUT2D eigenvalue weighted by Crippen LogP contribution is -2.28. The molecule has 0 unspecified atom stereocenters. The number of nitrogens with one attached hydrogen (secondary N) is 1. The third-order valence-electron chi connectivity index (χ3n) is 1.67. The van der Waals surface area contributed by atoms with Gasteiger partial charge in [-0.1, -0.05) is 0 Å². The molecule has 80 valence electrons. The molecule has 1 N–H and O–H groups in total. The Morgan fingerprint density at radius 1 is 1.50 bits per heavy atom. The third-order valence-corrected chi connectivity index (χ3v) is 1.67. The molecule has 0 saturated heterocycles. The lowest BCUT2D eigenvalue weighted by atomic mass is 10.2. The molecule has 0 radical (unpaired) electrons. The summed E-state index contributed by atoms with van der Waals surface area (Å²) in [6.07, 6.45) is 3.86. The van der Waals surface area contributed by atoms with Gasteiger partial charge < -0.3 is 0 Å². The number of nitrogens with zero attached hydrogens (tertiary/aromatic N) is 2. The molecule has 1 rings (SSSR count). The highest BCUT2D eigenvalue weighted by Gasteiger charge is 2.09. The van der Waals surface area contributed by atoms with Crippen LogP contribution >= 0.6 is 0 Å². The molecular weight excluding hydrogens is 178 g/mol. The van der Waals surface area contributed by atoms with Crippen molar-refractivity contribution in [3.05, 3.63) is 18.0 Å². The molecule has 0 fully saturated rings. The molecule has 1 aromatic rings. The minimum Gasteiger partial charge on any atom is -0.296 e. The number of aromatic nitrogens is 2. The summed E-state index contributed by atoms with van der Waals surface area (Å²) < 4.78 is 1.90. The molecule has 1 heterocycles. The van der Waals surface area contributed by atoms with Gasteiger partial charge in [0.2, 0.25) is 0 Å². The minimum absolute atomic E-state index is 0.152. The van der Waals surface area contributed by atoms with Crippen LogP contribution in [-0.4, -0.2) is 15.4 Å². The largest absolute Gasteiger partial charge is 0.296 e. The van der Waals surface area contributed by atoms with Gasteiger partial charge in [-0.3, -0.25) is 9.52 Å². The van der Waals surface area contributed by atoms with Gasteiger partial charge in [0.25, 0.3) is 0 Å². The predicted octanol–water partition coefficient (Wildman–Crippen LogP) is 1.72. The van der Waals surface area contributed by atoms with Crippen LogP contribution in [0, 0.1) is 0 Å². The van der Waals surface area contributed by atoms with Crippen molar-refractivity contribution in [2.75, 3.05) is 0 Å². The highest BCUT2D eigenvalue weighted by atomic mass is 16.7. The van der Waals surface area contributed by atoms with Gasteiger partial charge in [-0.2, -0.15) is 10.6 Å². The van der Waals surface area contributed by atoms with Crippen LogP contribution in [0.15, 0.2) is 12.4 Å². The maximum absolute atomic E-state index is 5.39. The van der Waals surface area contributed by atoms with E-state index in [1.54, 1.807) is 0 Å². The van der Waals surface area contributed by atoms with Gasteiger partial charge in [-0.15, -0.1) is 0 Å². The van der Waals surface area contributed by atoms with Crippen molar-refractivity contribution in [1.82, 2.24) is 15.3 Å². The normalized spacial score (nSPS) is 12.0. The van der Waals surface area contributed by atoms with Crippen LogP contribution in [-0.2, 0) is 17.9 Å². The predicted molar refractivity (Wildman–Crippen MR) is 55.6 cm³/mol. The lowest BCUT2D eigenvalue weighted by Gasteiger charge is -2.18. The fourth-order valence-corrected chi connectivity index (χ4v) is 1.01. The summed E-state index contributed by atoms with van der Waals surface area (Å²) in [4.78, 5) is 5.39. The smallest absolute Gasteiger partial charge is 0.0813 e. The minimum atomic E-state index is -0.152. The highest BCUT2D eigenvalue weighted by molar-refractivity contribution is 5.02. The van der Waals surface area contributed by atoms with E-state index < -0.39 is 0 Å². The van der Waals surface area contributed by atoms with E-state index in [1.807, 2.05) is 37.8 Å². The van der Waals surface area contributed by atoms with Gasteiger partial charge in [0.15, 0.2) is 0 Å². The Labute approximate surface area is 85.2 Å².